The van der Waals surface area contributed by atoms with Crippen LogP contribution < -0.4 is 10.9 Å². The van der Waals surface area contributed by atoms with Gasteiger partial charge in [0.25, 0.3) is 5.56 Å². The Bertz CT molecular complexity index is 934. The number of aromatic amines is 1. The molecule has 0 fully saturated rings. The van der Waals surface area contributed by atoms with E-state index < -0.39 is 0 Å². The van der Waals surface area contributed by atoms with Crippen molar-refractivity contribution in [3.63, 3.8) is 0 Å². The van der Waals surface area contributed by atoms with Gasteiger partial charge in [0, 0.05) is 11.1 Å². The number of thiophene rings is 1. The van der Waals surface area contributed by atoms with Crippen molar-refractivity contribution in [2.45, 2.75) is 19.6 Å². The molecule has 0 bridgehead atoms. The number of nitrogens with zero attached hydrogens (tertiary/aromatic N) is 2. The molecule has 124 valence electrons. The smallest absolute Gasteiger partial charge is 0.259 e. The van der Waals surface area contributed by atoms with Crippen LogP contribution in [0.5, 0.6) is 0 Å². The van der Waals surface area contributed by atoms with Crippen molar-refractivity contribution in [3.8, 4) is 0 Å². The molecule has 0 saturated heterocycles. The van der Waals surface area contributed by atoms with Crippen LogP contribution in [0.2, 0.25) is 0 Å². The zero-order valence-corrected chi connectivity index (χ0v) is 14.9. The fraction of sp³-hybridized carbons (Fsp3) is 0.250. The second-order valence-electron chi connectivity index (χ2n) is 5.23. The predicted octanol–water partition coefficient (Wildman–Crippen LogP) is 2.87. The average molecular weight is 360 g/mol. The van der Waals surface area contributed by atoms with Crippen LogP contribution in [0.4, 0.5) is 5.82 Å². The third-order valence-electron chi connectivity index (χ3n) is 3.49. The first kappa shape index (κ1) is 16.7. The Labute approximate surface area is 146 Å². The summed E-state index contributed by atoms with van der Waals surface area (Å²) in [5.74, 6) is 1.72. The van der Waals surface area contributed by atoms with Gasteiger partial charge < -0.3 is 10.3 Å². The number of aromatic nitrogens is 3. The number of aryl methyl sites for hydroxylation is 2. The lowest BCUT2D eigenvalue weighted by Crippen LogP contribution is -2.15. The largest absolute Gasteiger partial charge is 0.310 e. The standard InChI is InChI=1S/C16H16N4O2S2/c1-9-10(2)24-16-14(9)15(22)19-12(20-16)7-23-8-13(21)18-11-5-3-4-6-17-11/h3-6H,7-8H2,1-2H3,(H,17,18,21)(H,19,20,22). The third-order valence-corrected chi connectivity index (χ3v) is 5.54. The van der Waals surface area contributed by atoms with Crippen LogP contribution >= 0.6 is 23.1 Å². The van der Waals surface area contributed by atoms with Crippen molar-refractivity contribution in [2.24, 2.45) is 0 Å². The molecular weight excluding hydrogens is 344 g/mol. The van der Waals surface area contributed by atoms with Gasteiger partial charge in [-0.25, -0.2) is 9.97 Å². The number of amides is 1. The summed E-state index contributed by atoms with van der Waals surface area (Å²) in [6, 6.07) is 5.33. The fourth-order valence-corrected chi connectivity index (χ4v) is 3.96. The lowest BCUT2D eigenvalue weighted by molar-refractivity contribution is -0.113. The minimum atomic E-state index is -0.134. The van der Waals surface area contributed by atoms with E-state index in [9.17, 15) is 9.59 Å². The second kappa shape index (κ2) is 7.14. The third kappa shape index (κ3) is 3.65. The summed E-state index contributed by atoms with van der Waals surface area (Å²) in [5, 5.41) is 3.38. The summed E-state index contributed by atoms with van der Waals surface area (Å²) in [5.41, 5.74) is 0.869. The number of pyridine rings is 1. The number of anilines is 1. The molecule has 3 heterocycles. The molecule has 0 radical (unpaired) electrons. The number of thioether (sulfide) groups is 1. The average Bonchev–Trinajstić information content (AvgIpc) is 2.83. The van der Waals surface area contributed by atoms with Gasteiger partial charge in [-0.2, -0.15) is 0 Å². The van der Waals surface area contributed by atoms with Crippen molar-refractivity contribution in [1.82, 2.24) is 15.0 Å². The maximum atomic E-state index is 12.2. The van der Waals surface area contributed by atoms with Crippen LogP contribution in [0, 0.1) is 13.8 Å². The number of H-pyrrole nitrogens is 1. The van der Waals surface area contributed by atoms with Crippen molar-refractivity contribution < 1.29 is 4.79 Å². The van der Waals surface area contributed by atoms with Gasteiger partial charge in [-0.15, -0.1) is 23.1 Å². The molecular formula is C16H16N4O2S2. The number of carbonyl (C=O) groups excluding carboxylic acids is 1. The quantitative estimate of drug-likeness (QED) is 0.730. The van der Waals surface area contributed by atoms with Gasteiger partial charge in [0.1, 0.15) is 16.5 Å². The topological polar surface area (TPSA) is 87.7 Å². The molecule has 0 spiro atoms. The van der Waals surface area contributed by atoms with Crippen LogP contribution in [-0.4, -0.2) is 26.6 Å². The predicted molar refractivity (Wildman–Crippen MR) is 98.7 cm³/mol. The molecule has 6 nitrogen and oxygen atoms in total. The highest BCUT2D eigenvalue weighted by Crippen LogP contribution is 2.26. The van der Waals surface area contributed by atoms with Gasteiger partial charge in [0.15, 0.2) is 0 Å². The Balaban J connectivity index is 1.62. The molecule has 0 aromatic carbocycles. The number of hydrogen-bond acceptors (Lipinski definition) is 6. The van der Waals surface area contributed by atoms with E-state index in [4.69, 9.17) is 0 Å². The van der Waals surface area contributed by atoms with Crippen molar-refractivity contribution in [2.75, 3.05) is 11.1 Å². The normalized spacial score (nSPS) is 10.9. The highest BCUT2D eigenvalue weighted by Gasteiger charge is 2.12. The van der Waals surface area contributed by atoms with Gasteiger partial charge in [-0.3, -0.25) is 9.59 Å². The molecule has 3 rings (SSSR count). The minimum absolute atomic E-state index is 0.115. The Morgan fingerprint density at radius 1 is 1.38 bits per heavy atom. The van der Waals surface area contributed by atoms with E-state index in [0.29, 0.717) is 22.8 Å². The SMILES string of the molecule is Cc1sc2nc(CSCC(=O)Nc3ccccn3)[nH]c(=O)c2c1C. The van der Waals surface area contributed by atoms with Gasteiger partial charge in [0.05, 0.1) is 16.9 Å². The summed E-state index contributed by atoms with van der Waals surface area (Å²) < 4.78 is 0. The molecule has 3 aromatic rings. The molecule has 1 amide bonds. The molecule has 0 unspecified atom stereocenters. The summed E-state index contributed by atoms with van der Waals surface area (Å²) in [6.45, 7) is 3.92. The molecule has 2 N–H and O–H groups in total. The number of carbonyl (C=O) groups is 1. The lowest BCUT2D eigenvalue weighted by atomic mass is 10.2. The van der Waals surface area contributed by atoms with E-state index >= 15 is 0 Å². The van der Waals surface area contributed by atoms with Crippen LogP contribution in [0.15, 0.2) is 29.2 Å². The highest BCUT2D eigenvalue weighted by molar-refractivity contribution is 7.99. The Morgan fingerprint density at radius 3 is 2.96 bits per heavy atom. The number of hydrogen-bond donors (Lipinski definition) is 2. The van der Waals surface area contributed by atoms with Crippen molar-refractivity contribution >= 4 is 45.0 Å². The zero-order chi connectivity index (χ0) is 17.1. The van der Waals surface area contributed by atoms with Crippen LogP contribution in [0.25, 0.3) is 10.2 Å². The second-order valence-corrected chi connectivity index (χ2v) is 7.42. The molecule has 8 heteroatoms. The van der Waals surface area contributed by atoms with Crippen molar-refractivity contribution in [1.29, 1.82) is 0 Å². The maximum Gasteiger partial charge on any atom is 0.259 e. The van der Waals surface area contributed by atoms with Crippen LogP contribution in [-0.2, 0) is 10.5 Å². The molecule has 0 atom stereocenters. The van der Waals surface area contributed by atoms with E-state index in [0.717, 1.165) is 15.3 Å². The highest BCUT2D eigenvalue weighted by atomic mass is 32.2. The van der Waals surface area contributed by atoms with E-state index in [1.807, 2.05) is 19.9 Å². The first-order valence-electron chi connectivity index (χ1n) is 7.32. The molecule has 24 heavy (non-hydrogen) atoms. The molecule has 3 aromatic heterocycles. The van der Waals surface area contributed by atoms with E-state index in [1.54, 1.807) is 18.3 Å². The van der Waals surface area contributed by atoms with E-state index in [2.05, 4.69) is 20.3 Å². The fourth-order valence-electron chi connectivity index (χ4n) is 2.22. The molecule has 0 saturated carbocycles. The zero-order valence-electron chi connectivity index (χ0n) is 13.3. The summed E-state index contributed by atoms with van der Waals surface area (Å²) in [4.78, 5) is 37.2. The van der Waals surface area contributed by atoms with Crippen molar-refractivity contribution in [3.05, 3.63) is 51.0 Å². The van der Waals surface area contributed by atoms with Gasteiger partial charge >= 0.3 is 0 Å². The lowest BCUT2D eigenvalue weighted by Gasteiger charge is -2.04. The minimum Gasteiger partial charge on any atom is -0.310 e. The summed E-state index contributed by atoms with van der Waals surface area (Å²) in [6.07, 6.45) is 1.62. The van der Waals surface area contributed by atoms with E-state index in [1.165, 1.54) is 23.1 Å². The molecule has 0 aliphatic rings. The van der Waals surface area contributed by atoms with Gasteiger partial charge in [0.2, 0.25) is 5.91 Å². The van der Waals surface area contributed by atoms with Gasteiger partial charge in [-0.1, -0.05) is 6.07 Å². The summed E-state index contributed by atoms with van der Waals surface area (Å²) >= 11 is 2.91. The number of rotatable bonds is 5. The maximum absolute atomic E-state index is 12.2. The van der Waals surface area contributed by atoms with Gasteiger partial charge in [-0.05, 0) is 31.5 Å². The first-order valence-corrected chi connectivity index (χ1v) is 9.29. The van der Waals surface area contributed by atoms with Crippen LogP contribution in [0.1, 0.15) is 16.3 Å². The first-order chi connectivity index (χ1) is 11.5. The number of nitrogens with one attached hydrogen (secondary N) is 2. The number of fused-ring (bicyclic) bond motifs is 1. The Morgan fingerprint density at radius 2 is 2.21 bits per heavy atom. The monoisotopic (exact) mass is 360 g/mol. The van der Waals surface area contributed by atoms with E-state index in [-0.39, 0.29) is 17.2 Å². The Kier molecular flexibility index (Phi) is 4.96. The summed E-state index contributed by atoms with van der Waals surface area (Å²) in [7, 11) is 0. The van der Waals surface area contributed by atoms with Crippen LogP contribution in [0.3, 0.4) is 0 Å². The molecule has 0 aliphatic carbocycles. The molecule has 0 aliphatic heterocycles. The Hall–Kier alpha value is -2.19.